The van der Waals surface area contributed by atoms with Gasteiger partial charge in [0.15, 0.2) is 0 Å². The highest BCUT2D eigenvalue weighted by atomic mass is 35.5. The van der Waals surface area contributed by atoms with E-state index in [2.05, 4.69) is 15.8 Å². The van der Waals surface area contributed by atoms with Crippen LogP contribution in [0.1, 0.15) is 12.5 Å². The first kappa shape index (κ1) is 19.3. The second-order valence-corrected chi connectivity index (χ2v) is 6.27. The molecular formula is C20H16ClFN4O2. The highest BCUT2D eigenvalue weighted by Gasteiger charge is 2.14. The van der Waals surface area contributed by atoms with Crippen LogP contribution in [0.4, 0.5) is 10.1 Å². The Bertz CT molecular complexity index is 1030. The molecular weight excluding hydrogens is 383 g/mol. The maximum atomic E-state index is 13.1. The van der Waals surface area contributed by atoms with Crippen molar-refractivity contribution < 1.29 is 14.0 Å². The summed E-state index contributed by atoms with van der Waals surface area (Å²) in [5, 5.41) is 6.11. The van der Waals surface area contributed by atoms with E-state index < -0.39 is 17.6 Å². The number of halogens is 2. The summed E-state index contributed by atoms with van der Waals surface area (Å²) >= 11 is 5.64. The number of hydrogen-bond acceptors (Lipinski definition) is 3. The van der Waals surface area contributed by atoms with E-state index >= 15 is 0 Å². The summed E-state index contributed by atoms with van der Waals surface area (Å²) in [7, 11) is 0. The Morgan fingerprint density at radius 1 is 1.04 bits per heavy atom. The van der Waals surface area contributed by atoms with Crippen molar-refractivity contribution in [1.29, 1.82) is 0 Å². The van der Waals surface area contributed by atoms with Crippen LogP contribution in [0.2, 0.25) is 5.02 Å². The number of nitrogens with zero attached hydrogens (tertiary/aromatic N) is 2. The lowest BCUT2D eigenvalue weighted by molar-refractivity contribution is -0.136. The zero-order valence-electron chi connectivity index (χ0n) is 14.8. The molecule has 2 N–H and O–H groups in total. The lowest BCUT2D eigenvalue weighted by atomic mass is 10.1. The van der Waals surface area contributed by atoms with Crippen LogP contribution in [-0.2, 0) is 9.59 Å². The number of carbonyl (C=O) groups excluding carboxylic acids is 2. The number of hydrazone groups is 1. The van der Waals surface area contributed by atoms with E-state index in [4.69, 9.17) is 11.6 Å². The summed E-state index contributed by atoms with van der Waals surface area (Å²) in [6, 6.07) is 15.0. The third-order valence-electron chi connectivity index (χ3n) is 3.90. The van der Waals surface area contributed by atoms with Gasteiger partial charge in [-0.25, -0.2) is 9.82 Å². The minimum atomic E-state index is -0.955. The predicted octanol–water partition coefficient (Wildman–Crippen LogP) is 3.75. The van der Waals surface area contributed by atoms with Gasteiger partial charge in [0, 0.05) is 23.8 Å². The predicted molar refractivity (Wildman–Crippen MR) is 106 cm³/mol. The Hall–Kier alpha value is -3.45. The van der Waals surface area contributed by atoms with E-state index in [9.17, 15) is 14.0 Å². The molecule has 2 aromatic carbocycles. The van der Waals surface area contributed by atoms with Gasteiger partial charge in [0.25, 0.3) is 0 Å². The fourth-order valence-electron chi connectivity index (χ4n) is 2.39. The van der Waals surface area contributed by atoms with E-state index in [-0.39, 0.29) is 10.7 Å². The van der Waals surface area contributed by atoms with Gasteiger partial charge in [-0.1, -0.05) is 23.7 Å². The minimum absolute atomic E-state index is 0.157. The summed E-state index contributed by atoms with van der Waals surface area (Å²) in [5.74, 6) is -2.52. The van der Waals surface area contributed by atoms with Crippen LogP contribution in [0.25, 0.3) is 5.69 Å². The van der Waals surface area contributed by atoms with Crippen molar-refractivity contribution >= 4 is 34.8 Å². The molecule has 142 valence electrons. The molecule has 0 spiro atoms. The molecule has 0 bridgehead atoms. The van der Waals surface area contributed by atoms with Gasteiger partial charge in [0.1, 0.15) is 5.82 Å². The fraction of sp³-hybridized carbons (Fsp3) is 0.0500. The average molecular weight is 399 g/mol. The Labute approximate surface area is 165 Å². The van der Waals surface area contributed by atoms with Crippen molar-refractivity contribution in [2.45, 2.75) is 6.92 Å². The first-order valence-electron chi connectivity index (χ1n) is 8.28. The van der Waals surface area contributed by atoms with E-state index in [1.807, 2.05) is 53.4 Å². The number of hydrogen-bond donors (Lipinski definition) is 2. The Morgan fingerprint density at radius 2 is 1.71 bits per heavy atom. The van der Waals surface area contributed by atoms with Crippen molar-refractivity contribution in [3.05, 3.63) is 83.4 Å². The monoisotopic (exact) mass is 398 g/mol. The Kier molecular flexibility index (Phi) is 5.86. The maximum Gasteiger partial charge on any atom is 0.329 e. The highest BCUT2D eigenvalue weighted by molar-refractivity contribution is 6.40. The van der Waals surface area contributed by atoms with Crippen LogP contribution in [0.15, 0.2) is 72.1 Å². The van der Waals surface area contributed by atoms with Gasteiger partial charge >= 0.3 is 11.8 Å². The number of aromatic nitrogens is 1. The number of carbonyl (C=O) groups is 2. The van der Waals surface area contributed by atoms with Gasteiger partial charge < -0.3 is 9.88 Å². The Morgan fingerprint density at radius 3 is 2.36 bits per heavy atom. The molecule has 6 nitrogen and oxygen atoms in total. The molecule has 3 aromatic rings. The van der Waals surface area contributed by atoms with Crippen LogP contribution in [0.3, 0.4) is 0 Å². The van der Waals surface area contributed by atoms with Crippen LogP contribution in [0, 0.1) is 5.82 Å². The third kappa shape index (κ3) is 4.63. The van der Waals surface area contributed by atoms with Crippen molar-refractivity contribution in [3.63, 3.8) is 0 Å². The molecule has 0 aliphatic rings. The smallest absolute Gasteiger partial charge is 0.324 e. The minimum Gasteiger partial charge on any atom is -0.324 e. The number of anilines is 1. The zero-order chi connectivity index (χ0) is 20.1. The van der Waals surface area contributed by atoms with Crippen LogP contribution in [-0.4, -0.2) is 22.1 Å². The number of amides is 2. The summed E-state index contributed by atoms with van der Waals surface area (Å²) in [4.78, 5) is 23.8. The number of rotatable bonds is 4. The third-order valence-corrected chi connectivity index (χ3v) is 4.19. The molecule has 0 saturated heterocycles. The molecule has 0 saturated carbocycles. The molecule has 0 fully saturated rings. The highest BCUT2D eigenvalue weighted by Crippen LogP contribution is 2.19. The second-order valence-electron chi connectivity index (χ2n) is 5.86. The van der Waals surface area contributed by atoms with Gasteiger partial charge in [0.05, 0.1) is 10.7 Å². The molecule has 3 rings (SSSR count). The van der Waals surface area contributed by atoms with E-state index in [0.29, 0.717) is 5.71 Å². The molecule has 1 aromatic heterocycles. The molecule has 0 unspecified atom stereocenters. The molecule has 0 radical (unpaired) electrons. The molecule has 0 atom stereocenters. The largest absolute Gasteiger partial charge is 0.329 e. The van der Waals surface area contributed by atoms with Gasteiger partial charge in [0.2, 0.25) is 0 Å². The lowest BCUT2D eigenvalue weighted by Gasteiger charge is -2.07. The normalized spacial score (nSPS) is 11.2. The first-order chi connectivity index (χ1) is 13.4. The lowest BCUT2D eigenvalue weighted by Crippen LogP contribution is -2.32. The van der Waals surface area contributed by atoms with E-state index in [0.717, 1.165) is 17.3 Å². The quantitative estimate of drug-likeness (QED) is 0.399. The summed E-state index contributed by atoms with van der Waals surface area (Å²) in [6.07, 6.45) is 3.87. The summed E-state index contributed by atoms with van der Waals surface area (Å²) in [5.41, 5.74) is 4.71. The number of nitrogens with one attached hydrogen (secondary N) is 2. The molecule has 8 heteroatoms. The molecule has 1 heterocycles. The number of benzene rings is 2. The Balaban J connectivity index is 1.61. The maximum absolute atomic E-state index is 13.1. The van der Waals surface area contributed by atoms with Crippen molar-refractivity contribution in [2.75, 3.05) is 5.32 Å². The molecule has 2 amide bonds. The fourth-order valence-corrected chi connectivity index (χ4v) is 2.57. The molecule has 0 aliphatic heterocycles. The van der Waals surface area contributed by atoms with Crippen LogP contribution >= 0.6 is 11.6 Å². The summed E-state index contributed by atoms with van der Waals surface area (Å²) < 4.78 is 15.1. The zero-order valence-corrected chi connectivity index (χ0v) is 15.6. The average Bonchev–Trinajstić information content (AvgIpc) is 3.23. The van der Waals surface area contributed by atoms with Crippen molar-refractivity contribution in [1.82, 2.24) is 9.99 Å². The van der Waals surface area contributed by atoms with Gasteiger partial charge in [-0.15, -0.1) is 0 Å². The standard InChI is InChI=1S/C20H16ClFN4O2/c1-13(14-4-7-16(8-5-14)26-10-2-3-11-26)24-25-20(28)19(27)23-15-6-9-18(22)17(21)12-15/h2-12H,1H3,(H,23,27)(H,25,28)/b24-13-. The van der Waals surface area contributed by atoms with E-state index in [1.165, 1.54) is 12.1 Å². The molecule has 28 heavy (non-hydrogen) atoms. The SMILES string of the molecule is C/C(=N/NC(=O)C(=O)Nc1ccc(F)c(Cl)c1)c1ccc(-n2cccc2)cc1. The van der Waals surface area contributed by atoms with Gasteiger partial charge in [-0.05, 0) is 55.0 Å². The van der Waals surface area contributed by atoms with Crippen LogP contribution < -0.4 is 10.7 Å². The van der Waals surface area contributed by atoms with Crippen molar-refractivity contribution in [3.8, 4) is 5.69 Å². The van der Waals surface area contributed by atoms with Gasteiger partial charge in [-0.2, -0.15) is 5.10 Å². The van der Waals surface area contributed by atoms with Gasteiger partial charge in [-0.3, -0.25) is 9.59 Å². The summed E-state index contributed by atoms with van der Waals surface area (Å²) in [6.45, 7) is 1.71. The van der Waals surface area contributed by atoms with E-state index in [1.54, 1.807) is 6.92 Å². The first-order valence-corrected chi connectivity index (χ1v) is 8.66. The molecule has 0 aliphatic carbocycles. The van der Waals surface area contributed by atoms with Crippen molar-refractivity contribution in [2.24, 2.45) is 5.10 Å². The second kappa shape index (κ2) is 8.49. The van der Waals surface area contributed by atoms with Crippen LogP contribution in [0.5, 0.6) is 0 Å². The topological polar surface area (TPSA) is 75.5 Å².